The fourth-order valence-corrected chi connectivity index (χ4v) is 3.07. The second kappa shape index (κ2) is 7.31. The fourth-order valence-electron chi connectivity index (χ4n) is 1.77. The Morgan fingerprint density at radius 1 is 1.38 bits per heavy atom. The van der Waals surface area contributed by atoms with Crippen LogP contribution >= 0.6 is 27.7 Å². The molecule has 0 bridgehead atoms. The summed E-state index contributed by atoms with van der Waals surface area (Å²) in [5.41, 5.74) is 0.549. The van der Waals surface area contributed by atoms with Crippen LogP contribution in [0.25, 0.3) is 0 Å². The summed E-state index contributed by atoms with van der Waals surface area (Å²) in [5.74, 6) is -1.09. The number of hydrogen-bond acceptors (Lipinski definition) is 3. The molecule has 0 spiro atoms. The van der Waals surface area contributed by atoms with E-state index < -0.39 is 17.4 Å². The number of carboxylic acids is 1. The van der Waals surface area contributed by atoms with Crippen molar-refractivity contribution in [2.24, 2.45) is 5.41 Å². The number of carbonyl (C=O) groups is 2. The van der Waals surface area contributed by atoms with Crippen molar-refractivity contribution in [3.8, 4) is 0 Å². The molecule has 1 atom stereocenters. The first-order valence-corrected chi connectivity index (χ1v) is 8.30. The second-order valence-corrected chi connectivity index (χ2v) is 7.84. The topological polar surface area (TPSA) is 66.4 Å². The van der Waals surface area contributed by atoms with Gasteiger partial charge in [-0.2, -0.15) is 0 Å². The molecule has 116 valence electrons. The summed E-state index contributed by atoms with van der Waals surface area (Å²) in [4.78, 5) is 24.2. The van der Waals surface area contributed by atoms with Crippen molar-refractivity contribution < 1.29 is 14.7 Å². The van der Waals surface area contributed by atoms with Gasteiger partial charge < -0.3 is 10.4 Å². The number of rotatable bonds is 5. The van der Waals surface area contributed by atoms with Gasteiger partial charge in [0.25, 0.3) is 0 Å². The summed E-state index contributed by atoms with van der Waals surface area (Å²) in [5, 5.41) is 11.8. The van der Waals surface area contributed by atoms with Crippen LogP contribution in [0.1, 0.15) is 26.3 Å². The van der Waals surface area contributed by atoms with Gasteiger partial charge in [0.2, 0.25) is 5.91 Å². The number of hydrogen-bond donors (Lipinski definition) is 2. The van der Waals surface area contributed by atoms with Gasteiger partial charge in [0, 0.05) is 9.37 Å². The molecule has 0 aliphatic rings. The minimum absolute atomic E-state index is 0.197. The van der Waals surface area contributed by atoms with E-state index in [0.717, 1.165) is 14.9 Å². The number of halogens is 1. The fraction of sp³-hybridized carbons (Fsp3) is 0.467. The maximum absolute atomic E-state index is 12.0. The number of nitrogens with one attached hydrogen (secondary N) is 1. The summed E-state index contributed by atoms with van der Waals surface area (Å²) in [6, 6.07) is 4.95. The molecule has 1 aromatic rings. The van der Waals surface area contributed by atoms with Gasteiger partial charge in [0.05, 0.1) is 5.75 Å². The third kappa shape index (κ3) is 5.71. The number of carbonyl (C=O) groups excluding carboxylic acids is 1. The highest BCUT2D eigenvalue weighted by molar-refractivity contribution is 9.10. The highest BCUT2D eigenvalue weighted by atomic mass is 79.9. The summed E-state index contributed by atoms with van der Waals surface area (Å²) in [6.07, 6.45) is 0. The van der Waals surface area contributed by atoms with Crippen molar-refractivity contribution in [2.75, 3.05) is 5.75 Å². The molecule has 0 aliphatic carbocycles. The Morgan fingerprint density at radius 2 is 2.00 bits per heavy atom. The normalized spacial score (nSPS) is 12.8. The van der Waals surface area contributed by atoms with Crippen molar-refractivity contribution in [1.82, 2.24) is 5.32 Å². The smallest absolute Gasteiger partial charge is 0.326 e. The van der Waals surface area contributed by atoms with Gasteiger partial charge in [-0.15, -0.1) is 11.8 Å². The monoisotopic (exact) mass is 373 g/mol. The van der Waals surface area contributed by atoms with E-state index in [1.165, 1.54) is 11.8 Å². The van der Waals surface area contributed by atoms with Gasteiger partial charge in [-0.1, -0.05) is 36.7 Å². The molecule has 1 unspecified atom stereocenters. The zero-order valence-corrected chi connectivity index (χ0v) is 15.0. The van der Waals surface area contributed by atoms with Gasteiger partial charge in [-0.3, -0.25) is 4.79 Å². The second-order valence-electron chi connectivity index (χ2n) is 5.90. The van der Waals surface area contributed by atoms with Crippen molar-refractivity contribution >= 4 is 39.6 Å². The molecule has 1 amide bonds. The first-order valence-electron chi connectivity index (χ1n) is 6.52. The molecule has 0 saturated carbocycles. The molecule has 0 fully saturated rings. The van der Waals surface area contributed by atoms with E-state index in [4.69, 9.17) is 0 Å². The quantitative estimate of drug-likeness (QED) is 0.775. The molecule has 4 nitrogen and oxygen atoms in total. The molecule has 0 heterocycles. The van der Waals surface area contributed by atoms with E-state index in [0.29, 0.717) is 0 Å². The van der Waals surface area contributed by atoms with Crippen LogP contribution in [0.4, 0.5) is 0 Å². The van der Waals surface area contributed by atoms with Crippen molar-refractivity contribution in [3.05, 3.63) is 28.2 Å². The lowest BCUT2D eigenvalue weighted by molar-refractivity contribution is -0.144. The summed E-state index contributed by atoms with van der Waals surface area (Å²) >= 11 is 4.80. The summed E-state index contributed by atoms with van der Waals surface area (Å²) in [6.45, 7) is 7.34. The number of thioether (sulfide) groups is 1. The van der Waals surface area contributed by atoms with Crippen molar-refractivity contribution in [2.45, 2.75) is 38.6 Å². The summed E-state index contributed by atoms with van der Waals surface area (Å²) < 4.78 is 0.993. The highest BCUT2D eigenvalue weighted by Crippen LogP contribution is 2.25. The molecular weight excluding hydrogens is 354 g/mol. The Labute approximate surface area is 137 Å². The Bertz CT molecular complexity index is 540. The molecule has 0 aromatic heterocycles. The van der Waals surface area contributed by atoms with E-state index in [1.54, 1.807) is 20.8 Å². The van der Waals surface area contributed by atoms with Crippen LogP contribution in [0, 0.1) is 12.3 Å². The predicted molar refractivity (Wildman–Crippen MR) is 88.6 cm³/mol. The number of aryl methyl sites for hydroxylation is 1. The molecule has 0 radical (unpaired) electrons. The number of benzene rings is 1. The van der Waals surface area contributed by atoms with Crippen LogP contribution in [-0.2, 0) is 9.59 Å². The minimum atomic E-state index is -1.01. The first-order chi connectivity index (χ1) is 9.61. The Balaban J connectivity index is 2.63. The molecule has 6 heteroatoms. The van der Waals surface area contributed by atoms with Crippen LogP contribution < -0.4 is 5.32 Å². The molecule has 2 N–H and O–H groups in total. The maximum atomic E-state index is 12.0. The zero-order chi connectivity index (χ0) is 16.2. The minimum Gasteiger partial charge on any atom is -0.480 e. The standard InChI is InChI=1S/C15H20BrNO3S/c1-9-7-10(16)5-6-11(9)21-8-12(18)17-13(14(19)20)15(2,3)4/h5-7,13H,8H2,1-4H3,(H,17,18)(H,19,20). The molecule has 1 rings (SSSR count). The Morgan fingerprint density at radius 3 is 2.48 bits per heavy atom. The van der Waals surface area contributed by atoms with Gasteiger partial charge in [-0.05, 0) is 36.1 Å². The van der Waals surface area contributed by atoms with Gasteiger partial charge in [0.1, 0.15) is 6.04 Å². The molecular formula is C15H20BrNO3S. The van der Waals surface area contributed by atoms with E-state index in [1.807, 2.05) is 25.1 Å². The maximum Gasteiger partial charge on any atom is 0.326 e. The van der Waals surface area contributed by atoms with Crippen LogP contribution in [0.15, 0.2) is 27.6 Å². The Kier molecular flexibility index (Phi) is 6.28. The van der Waals surface area contributed by atoms with E-state index >= 15 is 0 Å². The van der Waals surface area contributed by atoms with E-state index in [9.17, 15) is 14.7 Å². The predicted octanol–water partition coefficient (Wildman–Crippen LogP) is 3.47. The van der Waals surface area contributed by atoms with Gasteiger partial charge in [0.15, 0.2) is 0 Å². The molecule has 0 aliphatic heterocycles. The highest BCUT2D eigenvalue weighted by Gasteiger charge is 2.32. The van der Waals surface area contributed by atoms with Gasteiger partial charge >= 0.3 is 5.97 Å². The molecule has 1 aromatic carbocycles. The number of carboxylic acid groups (broad SMARTS) is 1. The average molecular weight is 374 g/mol. The van der Waals surface area contributed by atoms with E-state index in [-0.39, 0.29) is 11.7 Å². The van der Waals surface area contributed by atoms with E-state index in [2.05, 4.69) is 21.2 Å². The van der Waals surface area contributed by atoms with Crippen molar-refractivity contribution in [3.63, 3.8) is 0 Å². The lowest BCUT2D eigenvalue weighted by Crippen LogP contribution is -2.49. The molecule has 0 saturated heterocycles. The largest absolute Gasteiger partial charge is 0.480 e. The lowest BCUT2D eigenvalue weighted by atomic mass is 9.87. The SMILES string of the molecule is Cc1cc(Br)ccc1SCC(=O)NC(C(=O)O)C(C)(C)C. The van der Waals surface area contributed by atoms with Gasteiger partial charge in [-0.25, -0.2) is 4.79 Å². The van der Waals surface area contributed by atoms with Crippen LogP contribution in [-0.4, -0.2) is 28.8 Å². The first kappa shape index (κ1) is 18.0. The third-order valence-electron chi connectivity index (χ3n) is 2.91. The van der Waals surface area contributed by atoms with Crippen molar-refractivity contribution in [1.29, 1.82) is 0 Å². The lowest BCUT2D eigenvalue weighted by Gasteiger charge is -2.27. The zero-order valence-electron chi connectivity index (χ0n) is 12.6. The number of amides is 1. The summed E-state index contributed by atoms with van der Waals surface area (Å²) in [7, 11) is 0. The molecule has 21 heavy (non-hydrogen) atoms. The van der Waals surface area contributed by atoms with Crippen LogP contribution in [0.5, 0.6) is 0 Å². The van der Waals surface area contributed by atoms with Crippen LogP contribution in [0.2, 0.25) is 0 Å². The Hall–Kier alpha value is -1.01. The third-order valence-corrected chi connectivity index (χ3v) is 4.58. The average Bonchev–Trinajstić information content (AvgIpc) is 2.33. The van der Waals surface area contributed by atoms with Crippen LogP contribution in [0.3, 0.4) is 0 Å². The number of aliphatic carboxylic acids is 1.